The lowest BCUT2D eigenvalue weighted by atomic mass is 9.94. The molecule has 4 nitrogen and oxygen atoms in total. The second-order valence-corrected chi connectivity index (χ2v) is 6.72. The first-order valence-electron chi connectivity index (χ1n) is 7.90. The summed E-state index contributed by atoms with van der Waals surface area (Å²) in [5, 5.41) is 6.29. The van der Waals surface area contributed by atoms with Crippen LogP contribution in [-0.4, -0.2) is 35.1 Å². The highest BCUT2D eigenvalue weighted by Crippen LogP contribution is 2.30. The first-order chi connectivity index (χ1) is 10.2. The van der Waals surface area contributed by atoms with Crippen LogP contribution in [0.15, 0.2) is 27.7 Å². The van der Waals surface area contributed by atoms with Gasteiger partial charge in [-0.15, -0.1) is 0 Å². The minimum absolute atomic E-state index is 0.118. The Bertz CT molecular complexity index is 510. The number of amidine groups is 1. The lowest BCUT2D eigenvalue weighted by molar-refractivity contribution is -0.121. The molecule has 114 valence electrons. The predicted octanol–water partition coefficient (Wildman–Crippen LogP) is 3.03. The Hall–Kier alpha value is -1.23. The minimum atomic E-state index is 0.118. The Balaban J connectivity index is 1.53. The number of carbonyl (C=O) groups is 1. The normalized spacial score (nSPS) is 22.9. The molecule has 2 heterocycles. The Kier molecular flexibility index (Phi) is 4.68. The van der Waals surface area contributed by atoms with Crippen molar-refractivity contribution in [1.82, 2.24) is 10.2 Å². The molecule has 5 heteroatoms. The first-order valence-corrected chi connectivity index (χ1v) is 8.78. The Morgan fingerprint density at radius 3 is 3.19 bits per heavy atom. The van der Waals surface area contributed by atoms with E-state index in [4.69, 9.17) is 0 Å². The average molecular weight is 305 g/mol. The van der Waals surface area contributed by atoms with Gasteiger partial charge in [0.1, 0.15) is 0 Å². The fourth-order valence-corrected chi connectivity index (χ4v) is 4.03. The second-order valence-electron chi connectivity index (χ2n) is 5.89. The zero-order valence-electron chi connectivity index (χ0n) is 12.6. The first kappa shape index (κ1) is 14.7. The lowest BCUT2D eigenvalue weighted by Gasteiger charge is -2.26. The van der Waals surface area contributed by atoms with E-state index in [-0.39, 0.29) is 11.9 Å². The van der Waals surface area contributed by atoms with Gasteiger partial charge in [0.2, 0.25) is 5.91 Å². The van der Waals surface area contributed by atoms with E-state index in [0.29, 0.717) is 6.42 Å². The van der Waals surface area contributed by atoms with Gasteiger partial charge in [-0.1, -0.05) is 23.4 Å². The maximum absolute atomic E-state index is 12.3. The molecule has 0 aromatic heterocycles. The molecule has 21 heavy (non-hydrogen) atoms. The largest absolute Gasteiger partial charge is 0.350 e. The van der Waals surface area contributed by atoms with Crippen molar-refractivity contribution in [3.8, 4) is 0 Å². The topological polar surface area (TPSA) is 44.7 Å². The molecule has 1 amide bonds. The Labute approximate surface area is 130 Å². The number of rotatable bonds is 4. The maximum atomic E-state index is 12.3. The van der Waals surface area contributed by atoms with Crippen molar-refractivity contribution < 1.29 is 4.79 Å². The van der Waals surface area contributed by atoms with Crippen LogP contribution < -0.4 is 5.32 Å². The number of amides is 1. The Morgan fingerprint density at radius 1 is 1.48 bits per heavy atom. The van der Waals surface area contributed by atoms with Gasteiger partial charge < -0.3 is 10.2 Å². The SMILES string of the molecule is CC(NC(=O)CC1=CSC2=NCCCN12)C1=CCCCC1. The summed E-state index contributed by atoms with van der Waals surface area (Å²) < 4.78 is 0. The highest BCUT2D eigenvalue weighted by atomic mass is 32.2. The van der Waals surface area contributed by atoms with Crippen LogP contribution in [0.1, 0.15) is 45.4 Å². The molecule has 1 N–H and O–H groups in total. The van der Waals surface area contributed by atoms with E-state index >= 15 is 0 Å². The quantitative estimate of drug-likeness (QED) is 0.812. The summed E-state index contributed by atoms with van der Waals surface area (Å²) in [6.07, 6.45) is 8.66. The minimum Gasteiger partial charge on any atom is -0.350 e. The molecule has 0 saturated carbocycles. The molecule has 0 spiro atoms. The molecule has 0 fully saturated rings. The van der Waals surface area contributed by atoms with Crippen molar-refractivity contribution in [3.05, 3.63) is 22.8 Å². The average Bonchev–Trinajstić information content (AvgIpc) is 2.91. The van der Waals surface area contributed by atoms with E-state index in [9.17, 15) is 4.79 Å². The number of nitrogens with one attached hydrogen (secondary N) is 1. The van der Waals surface area contributed by atoms with Crippen LogP contribution in [0.25, 0.3) is 0 Å². The summed E-state index contributed by atoms with van der Waals surface area (Å²) in [7, 11) is 0. The van der Waals surface area contributed by atoms with Gasteiger partial charge in [-0.25, -0.2) is 0 Å². The zero-order valence-corrected chi connectivity index (χ0v) is 13.4. The third-order valence-electron chi connectivity index (χ3n) is 4.27. The maximum Gasteiger partial charge on any atom is 0.226 e. The van der Waals surface area contributed by atoms with Gasteiger partial charge in [0, 0.05) is 24.8 Å². The van der Waals surface area contributed by atoms with Crippen LogP contribution >= 0.6 is 11.8 Å². The monoisotopic (exact) mass is 305 g/mol. The number of thioether (sulfide) groups is 1. The van der Waals surface area contributed by atoms with Crippen LogP contribution in [0.2, 0.25) is 0 Å². The van der Waals surface area contributed by atoms with Crippen molar-refractivity contribution in [2.24, 2.45) is 4.99 Å². The molecule has 1 unspecified atom stereocenters. The number of hydrogen-bond acceptors (Lipinski definition) is 4. The van der Waals surface area contributed by atoms with Crippen molar-refractivity contribution in [2.45, 2.75) is 51.5 Å². The van der Waals surface area contributed by atoms with Gasteiger partial charge in [0.15, 0.2) is 5.17 Å². The molecule has 0 bridgehead atoms. The van der Waals surface area contributed by atoms with Crippen molar-refractivity contribution >= 4 is 22.8 Å². The van der Waals surface area contributed by atoms with E-state index in [0.717, 1.165) is 43.2 Å². The Morgan fingerprint density at radius 2 is 2.38 bits per heavy atom. The second kappa shape index (κ2) is 6.69. The third-order valence-corrected chi connectivity index (χ3v) is 5.22. The van der Waals surface area contributed by atoms with E-state index in [2.05, 4.69) is 33.6 Å². The van der Waals surface area contributed by atoms with Gasteiger partial charge in [-0.3, -0.25) is 9.79 Å². The van der Waals surface area contributed by atoms with Crippen LogP contribution in [0, 0.1) is 0 Å². The number of allylic oxidation sites excluding steroid dienone is 1. The van der Waals surface area contributed by atoms with E-state index in [1.807, 2.05) is 0 Å². The fourth-order valence-electron chi connectivity index (χ4n) is 3.08. The molecular formula is C16H23N3OS. The molecule has 0 saturated heterocycles. The molecule has 3 rings (SSSR count). The van der Waals surface area contributed by atoms with Crippen molar-refractivity contribution in [2.75, 3.05) is 13.1 Å². The molecule has 1 aliphatic carbocycles. The van der Waals surface area contributed by atoms with Crippen LogP contribution in [0.3, 0.4) is 0 Å². The molecular weight excluding hydrogens is 282 g/mol. The van der Waals surface area contributed by atoms with E-state index < -0.39 is 0 Å². The lowest BCUT2D eigenvalue weighted by Crippen LogP contribution is -2.37. The summed E-state index contributed by atoms with van der Waals surface area (Å²) in [4.78, 5) is 19.0. The van der Waals surface area contributed by atoms with Gasteiger partial charge in [-0.05, 0) is 44.4 Å². The summed E-state index contributed by atoms with van der Waals surface area (Å²) in [6.45, 7) is 4.00. The van der Waals surface area contributed by atoms with E-state index in [1.54, 1.807) is 11.8 Å². The molecule has 2 aliphatic heterocycles. The predicted molar refractivity (Wildman–Crippen MR) is 88.1 cm³/mol. The highest BCUT2D eigenvalue weighted by Gasteiger charge is 2.26. The number of carbonyl (C=O) groups excluding carboxylic acids is 1. The van der Waals surface area contributed by atoms with Crippen LogP contribution in [0.4, 0.5) is 0 Å². The van der Waals surface area contributed by atoms with E-state index in [1.165, 1.54) is 18.4 Å². The number of aliphatic imine (C=N–C) groups is 1. The molecule has 3 aliphatic rings. The zero-order chi connectivity index (χ0) is 14.7. The van der Waals surface area contributed by atoms with Gasteiger partial charge in [-0.2, -0.15) is 0 Å². The number of fused-ring (bicyclic) bond motifs is 1. The van der Waals surface area contributed by atoms with Crippen molar-refractivity contribution in [3.63, 3.8) is 0 Å². The smallest absolute Gasteiger partial charge is 0.226 e. The number of hydrogen-bond donors (Lipinski definition) is 1. The van der Waals surface area contributed by atoms with Crippen LogP contribution in [-0.2, 0) is 4.79 Å². The summed E-state index contributed by atoms with van der Waals surface area (Å²) in [6, 6.07) is 0.168. The molecule has 1 atom stereocenters. The standard InChI is InChI=1S/C16H23N3OS/c1-12(13-6-3-2-4-7-13)18-15(20)10-14-11-21-16-17-8-5-9-19(14)16/h6,11-12H,2-5,7-10H2,1H3,(H,18,20). The van der Waals surface area contributed by atoms with Gasteiger partial charge in [0.05, 0.1) is 6.42 Å². The van der Waals surface area contributed by atoms with Crippen LogP contribution in [0.5, 0.6) is 0 Å². The fraction of sp³-hybridized carbons (Fsp3) is 0.625. The highest BCUT2D eigenvalue weighted by molar-refractivity contribution is 8.16. The van der Waals surface area contributed by atoms with Gasteiger partial charge >= 0.3 is 0 Å². The van der Waals surface area contributed by atoms with Gasteiger partial charge in [0.25, 0.3) is 0 Å². The molecule has 0 aromatic carbocycles. The number of nitrogens with zero attached hydrogens (tertiary/aromatic N) is 2. The summed E-state index contributed by atoms with van der Waals surface area (Å²) in [5.41, 5.74) is 2.49. The molecule has 0 aromatic rings. The van der Waals surface area contributed by atoms with Crippen molar-refractivity contribution in [1.29, 1.82) is 0 Å². The molecule has 0 radical (unpaired) electrons. The summed E-state index contributed by atoms with van der Waals surface area (Å²) in [5.74, 6) is 0.118. The third kappa shape index (κ3) is 3.51. The summed E-state index contributed by atoms with van der Waals surface area (Å²) >= 11 is 1.65.